The van der Waals surface area contributed by atoms with Gasteiger partial charge in [0.05, 0.1) is 11.8 Å². The topological polar surface area (TPSA) is 80.7 Å². The number of carboxylic acid groups (broad SMARTS) is 1. The van der Waals surface area contributed by atoms with Gasteiger partial charge in [0.2, 0.25) is 0 Å². The Kier molecular flexibility index (Phi) is 4.89. The quantitative estimate of drug-likeness (QED) is 0.648. The Morgan fingerprint density at radius 2 is 2.11 bits per heavy atom. The second-order valence-electron chi connectivity index (χ2n) is 3.50. The van der Waals surface area contributed by atoms with E-state index in [1.807, 2.05) is 0 Å². The number of rotatable bonds is 4. The SMILES string of the molecule is CS(=O)(=O)OCC#CCc1cccc(C(=O)O)c1. The van der Waals surface area contributed by atoms with E-state index in [0.29, 0.717) is 6.42 Å². The van der Waals surface area contributed by atoms with Gasteiger partial charge < -0.3 is 5.11 Å². The van der Waals surface area contributed by atoms with Crippen molar-refractivity contribution in [3.63, 3.8) is 0 Å². The molecule has 1 rings (SSSR count). The molecule has 5 nitrogen and oxygen atoms in total. The third-order valence-corrected chi connectivity index (χ3v) is 2.48. The summed E-state index contributed by atoms with van der Waals surface area (Å²) in [5.74, 6) is 4.25. The highest BCUT2D eigenvalue weighted by atomic mass is 32.2. The van der Waals surface area contributed by atoms with Crippen LogP contribution < -0.4 is 0 Å². The summed E-state index contributed by atoms with van der Waals surface area (Å²) in [7, 11) is -3.47. The first-order valence-electron chi connectivity index (χ1n) is 5.01. The molecule has 0 radical (unpaired) electrons. The van der Waals surface area contributed by atoms with Crippen LogP contribution in [0.5, 0.6) is 0 Å². The van der Waals surface area contributed by atoms with Gasteiger partial charge in [-0.15, -0.1) is 0 Å². The van der Waals surface area contributed by atoms with Gasteiger partial charge >= 0.3 is 5.97 Å². The molecule has 0 aliphatic carbocycles. The van der Waals surface area contributed by atoms with Crippen LogP contribution in [0.4, 0.5) is 0 Å². The first kappa shape index (κ1) is 14.2. The molecular formula is C12H12O5S. The monoisotopic (exact) mass is 268 g/mol. The number of hydrogen-bond donors (Lipinski definition) is 1. The van der Waals surface area contributed by atoms with Crippen LogP contribution in [0, 0.1) is 11.8 Å². The Hall–Kier alpha value is -1.84. The van der Waals surface area contributed by atoms with Crippen LogP contribution in [0.15, 0.2) is 24.3 Å². The molecule has 96 valence electrons. The molecule has 0 heterocycles. The Balaban J connectivity index is 2.56. The van der Waals surface area contributed by atoms with Crippen molar-refractivity contribution >= 4 is 16.1 Å². The zero-order valence-corrected chi connectivity index (χ0v) is 10.5. The van der Waals surface area contributed by atoms with Crippen LogP contribution in [0.2, 0.25) is 0 Å². The smallest absolute Gasteiger partial charge is 0.335 e. The van der Waals surface area contributed by atoms with Crippen molar-refractivity contribution in [2.75, 3.05) is 12.9 Å². The van der Waals surface area contributed by atoms with Crippen LogP contribution in [0.1, 0.15) is 15.9 Å². The van der Waals surface area contributed by atoms with Crippen molar-refractivity contribution in [1.29, 1.82) is 0 Å². The summed E-state index contributed by atoms with van der Waals surface area (Å²) in [4.78, 5) is 10.7. The zero-order chi connectivity index (χ0) is 13.6. The lowest BCUT2D eigenvalue weighted by Crippen LogP contribution is -2.02. The Labute approximate surface area is 106 Å². The predicted molar refractivity (Wildman–Crippen MR) is 65.7 cm³/mol. The molecule has 0 spiro atoms. The van der Waals surface area contributed by atoms with Gasteiger partial charge in [0, 0.05) is 6.42 Å². The largest absolute Gasteiger partial charge is 0.478 e. The van der Waals surface area contributed by atoms with E-state index in [2.05, 4.69) is 16.0 Å². The van der Waals surface area contributed by atoms with Crippen LogP contribution in [-0.4, -0.2) is 32.4 Å². The minimum absolute atomic E-state index is 0.196. The second kappa shape index (κ2) is 6.19. The number of aromatic carboxylic acids is 1. The molecule has 0 saturated carbocycles. The Morgan fingerprint density at radius 3 is 2.72 bits per heavy atom. The minimum atomic E-state index is -3.47. The van der Waals surface area contributed by atoms with Crippen molar-refractivity contribution < 1.29 is 22.5 Å². The van der Waals surface area contributed by atoms with E-state index in [-0.39, 0.29) is 12.2 Å². The number of benzene rings is 1. The molecule has 0 saturated heterocycles. The fourth-order valence-electron chi connectivity index (χ4n) is 1.17. The van der Waals surface area contributed by atoms with E-state index in [9.17, 15) is 13.2 Å². The highest BCUT2D eigenvalue weighted by Crippen LogP contribution is 2.05. The maximum atomic E-state index is 10.7. The molecule has 1 aromatic carbocycles. The lowest BCUT2D eigenvalue weighted by molar-refractivity contribution is 0.0696. The molecule has 0 amide bonds. The summed E-state index contributed by atoms with van der Waals surface area (Å²) in [6.45, 7) is -0.197. The molecule has 0 aliphatic heterocycles. The van der Waals surface area contributed by atoms with Crippen molar-refractivity contribution in [3.05, 3.63) is 35.4 Å². The van der Waals surface area contributed by atoms with Gasteiger partial charge in [-0.25, -0.2) is 4.79 Å². The summed E-state index contributed by atoms with van der Waals surface area (Å²) in [6.07, 6.45) is 1.29. The second-order valence-corrected chi connectivity index (χ2v) is 5.15. The first-order valence-corrected chi connectivity index (χ1v) is 6.82. The minimum Gasteiger partial charge on any atom is -0.478 e. The Bertz CT molecular complexity index is 592. The molecule has 0 unspecified atom stereocenters. The molecule has 1 aromatic rings. The molecule has 0 aromatic heterocycles. The maximum absolute atomic E-state index is 10.7. The Morgan fingerprint density at radius 1 is 1.39 bits per heavy atom. The standard InChI is InChI=1S/C12H12O5S/c1-18(15,16)17-8-3-2-5-10-6-4-7-11(9-10)12(13)14/h4,6-7,9H,5,8H2,1H3,(H,13,14). The molecule has 0 aliphatic rings. The molecular weight excluding hydrogens is 256 g/mol. The van der Waals surface area contributed by atoms with Gasteiger partial charge in [0.1, 0.15) is 6.61 Å². The molecule has 0 fully saturated rings. The van der Waals surface area contributed by atoms with Crippen molar-refractivity contribution in [2.24, 2.45) is 0 Å². The fraction of sp³-hybridized carbons (Fsp3) is 0.250. The first-order chi connectivity index (χ1) is 8.38. The van der Waals surface area contributed by atoms with E-state index >= 15 is 0 Å². The molecule has 6 heteroatoms. The molecule has 18 heavy (non-hydrogen) atoms. The summed E-state index contributed by atoms with van der Waals surface area (Å²) in [5.41, 5.74) is 0.948. The van der Waals surface area contributed by atoms with E-state index < -0.39 is 16.1 Å². The average molecular weight is 268 g/mol. The van der Waals surface area contributed by atoms with Crippen LogP contribution in [-0.2, 0) is 20.7 Å². The molecule has 1 N–H and O–H groups in total. The van der Waals surface area contributed by atoms with E-state index in [1.54, 1.807) is 12.1 Å². The van der Waals surface area contributed by atoms with E-state index in [0.717, 1.165) is 11.8 Å². The van der Waals surface area contributed by atoms with Gasteiger partial charge in [0.15, 0.2) is 0 Å². The third kappa shape index (κ3) is 5.48. The summed E-state index contributed by atoms with van der Waals surface area (Å²) >= 11 is 0. The van der Waals surface area contributed by atoms with Gasteiger partial charge in [0.25, 0.3) is 10.1 Å². The third-order valence-electron chi connectivity index (χ3n) is 1.94. The van der Waals surface area contributed by atoms with Crippen molar-refractivity contribution in [2.45, 2.75) is 6.42 Å². The number of carboxylic acids is 1. The van der Waals surface area contributed by atoms with Gasteiger partial charge in [-0.3, -0.25) is 4.18 Å². The lowest BCUT2D eigenvalue weighted by Gasteiger charge is -1.97. The van der Waals surface area contributed by atoms with Gasteiger partial charge in [-0.2, -0.15) is 8.42 Å². The number of hydrogen-bond acceptors (Lipinski definition) is 4. The molecule has 0 bridgehead atoms. The van der Waals surface area contributed by atoms with Crippen LogP contribution in [0.3, 0.4) is 0 Å². The summed E-state index contributed by atoms with van der Waals surface area (Å²) in [5, 5.41) is 8.79. The highest BCUT2D eigenvalue weighted by Gasteiger charge is 2.02. The highest BCUT2D eigenvalue weighted by molar-refractivity contribution is 7.85. The van der Waals surface area contributed by atoms with Gasteiger partial charge in [-0.1, -0.05) is 24.0 Å². The summed E-state index contributed by atoms with van der Waals surface area (Å²) < 4.78 is 25.7. The normalized spacial score (nSPS) is 10.5. The number of carbonyl (C=O) groups is 1. The van der Waals surface area contributed by atoms with E-state index in [4.69, 9.17) is 5.11 Å². The van der Waals surface area contributed by atoms with Crippen LogP contribution >= 0.6 is 0 Å². The zero-order valence-electron chi connectivity index (χ0n) is 9.71. The van der Waals surface area contributed by atoms with Crippen LogP contribution in [0.25, 0.3) is 0 Å². The molecule has 0 atom stereocenters. The maximum Gasteiger partial charge on any atom is 0.335 e. The summed E-state index contributed by atoms with van der Waals surface area (Å²) in [6, 6.07) is 6.40. The predicted octanol–water partition coefficient (Wildman–Crippen LogP) is 0.907. The average Bonchev–Trinajstić information content (AvgIpc) is 2.27. The lowest BCUT2D eigenvalue weighted by atomic mass is 10.1. The van der Waals surface area contributed by atoms with Crippen molar-refractivity contribution in [3.8, 4) is 11.8 Å². The van der Waals surface area contributed by atoms with Gasteiger partial charge in [-0.05, 0) is 17.7 Å². The van der Waals surface area contributed by atoms with E-state index in [1.165, 1.54) is 12.1 Å². The van der Waals surface area contributed by atoms with Crippen molar-refractivity contribution in [1.82, 2.24) is 0 Å². The fourth-order valence-corrected chi connectivity index (χ4v) is 1.44.